The second kappa shape index (κ2) is 3.53. The molecular weight excluding hydrogens is 141 g/mol. The van der Waals surface area contributed by atoms with Gasteiger partial charge in [0.2, 0.25) is 0 Å². The van der Waals surface area contributed by atoms with Crippen molar-refractivity contribution >= 4 is 0 Å². The zero-order valence-corrected chi connectivity index (χ0v) is 7.68. The molecule has 0 aromatic carbocycles. The third-order valence-corrected chi connectivity index (χ3v) is 2.67. The summed E-state index contributed by atoms with van der Waals surface area (Å²) >= 11 is 0. The summed E-state index contributed by atoms with van der Waals surface area (Å²) in [5, 5.41) is 0. The topological polar surface area (TPSA) is 3.24 Å². The van der Waals surface area contributed by atoms with Crippen LogP contribution < -0.4 is 0 Å². The second-order valence-electron chi connectivity index (χ2n) is 4.01. The normalized spacial score (nSPS) is 33.5. The first-order valence-corrected chi connectivity index (χ1v) is 4.41. The van der Waals surface area contributed by atoms with Gasteiger partial charge in [-0.2, -0.15) is 0 Å². The Balaban J connectivity index is 2.45. The molecular formula is C9H18FN. The van der Waals surface area contributed by atoms with Crippen LogP contribution in [0.2, 0.25) is 0 Å². The van der Waals surface area contributed by atoms with E-state index in [0.29, 0.717) is 17.9 Å². The number of nitrogens with zero attached hydrogens (tertiary/aromatic N) is 1. The molecule has 1 heterocycles. The van der Waals surface area contributed by atoms with Gasteiger partial charge in [0.1, 0.15) is 0 Å². The van der Waals surface area contributed by atoms with E-state index in [9.17, 15) is 4.39 Å². The van der Waals surface area contributed by atoms with Gasteiger partial charge < -0.3 is 4.90 Å². The summed E-state index contributed by atoms with van der Waals surface area (Å²) in [6.45, 7) is 5.22. The molecule has 1 rings (SSSR count). The molecule has 66 valence electrons. The lowest BCUT2D eigenvalue weighted by Gasteiger charge is -2.22. The van der Waals surface area contributed by atoms with Gasteiger partial charge in [-0.05, 0) is 19.4 Å². The zero-order chi connectivity index (χ0) is 8.43. The molecule has 0 aromatic heterocycles. The van der Waals surface area contributed by atoms with Gasteiger partial charge in [-0.1, -0.05) is 13.8 Å². The van der Waals surface area contributed by atoms with Crippen molar-refractivity contribution in [3.05, 3.63) is 0 Å². The van der Waals surface area contributed by atoms with Gasteiger partial charge in [0.15, 0.2) is 0 Å². The lowest BCUT2D eigenvalue weighted by molar-refractivity contribution is 0.249. The van der Waals surface area contributed by atoms with Crippen molar-refractivity contribution in [3.8, 4) is 0 Å². The van der Waals surface area contributed by atoms with Gasteiger partial charge in [-0.3, -0.25) is 4.39 Å². The van der Waals surface area contributed by atoms with Crippen LogP contribution in [0, 0.1) is 11.8 Å². The monoisotopic (exact) mass is 159 g/mol. The largest absolute Gasteiger partial charge is 0.303 e. The van der Waals surface area contributed by atoms with E-state index in [2.05, 4.69) is 25.8 Å². The summed E-state index contributed by atoms with van der Waals surface area (Å²) in [7, 11) is 2.10. The molecule has 0 radical (unpaired) electrons. The minimum Gasteiger partial charge on any atom is -0.303 e. The molecule has 11 heavy (non-hydrogen) atoms. The van der Waals surface area contributed by atoms with Crippen molar-refractivity contribution in [2.24, 2.45) is 11.8 Å². The smallest absolute Gasteiger partial charge is 0.0935 e. The van der Waals surface area contributed by atoms with E-state index in [1.165, 1.54) is 0 Å². The Morgan fingerprint density at radius 3 is 2.45 bits per heavy atom. The maximum Gasteiger partial charge on any atom is 0.0935 e. The molecule has 0 aliphatic carbocycles. The van der Waals surface area contributed by atoms with E-state index in [1.807, 2.05) is 0 Å². The highest BCUT2D eigenvalue weighted by Gasteiger charge is 2.30. The van der Waals surface area contributed by atoms with E-state index < -0.39 is 0 Å². The van der Waals surface area contributed by atoms with Crippen LogP contribution in [0.4, 0.5) is 4.39 Å². The Morgan fingerprint density at radius 1 is 1.55 bits per heavy atom. The molecule has 0 aromatic rings. The number of alkyl halides is 1. The minimum atomic E-state index is -0.145. The summed E-state index contributed by atoms with van der Waals surface area (Å²) in [4.78, 5) is 2.29. The standard InChI is InChI=1S/C9H18FN/c1-7(2)9-4-8(5-10)6-11(9)3/h7-9H,4-6H2,1-3H3. The molecule has 2 atom stereocenters. The Bertz CT molecular complexity index is 125. The Morgan fingerprint density at radius 2 is 2.18 bits per heavy atom. The summed E-state index contributed by atoms with van der Waals surface area (Å²) < 4.78 is 12.3. The molecule has 0 N–H and O–H groups in total. The number of rotatable bonds is 2. The predicted octanol–water partition coefficient (Wildman–Crippen LogP) is 1.93. The molecule has 1 aliphatic heterocycles. The maximum absolute atomic E-state index is 12.3. The highest BCUT2D eigenvalue weighted by molar-refractivity contribution is 4.84. The van der Waals surface area contributed by atoms with E-state index in [4.69, 9.17) is 0 Å². The SMILES string of the molecule is CC(C)C1CC(CF)CN1C. The molecule has 2 unspecified atom stereocenters. The first-order chi connectivity index (χ1) is 5.15. The molecule has 0 bridgehead atoms. The van der Waals surface area contributed by atoms with Crippen molar-refractivity contribution in [1.29, 1.82) is 0 Å². The fourth-order valence-electron chi connectivity index (χ4n) is 2.03. The summed E-state index contributed by atoms with van der Waals surface area (Å²) in [5.41, 5.74) is 0. The summed E-state index contributed by atoms with van der Waals surface area (Å²) in [6.07, 6.45) is 1.05. The van der Waals surface area contributed by atoms with Gasteiger partial charge in [0.05, 0.1) is 6.67 Å². The lowest BCUT2D eigenvalue weighted by atomic mass is 9.98. The van der Waals surface area contributed by atoms with E-state index in [0.717, 1.165) is 13.0 Å². The molecule has 0 spiro atoms. The number of hydrogen-bond acceptors (Lipinski definition) is 1. The molecule has 1 aliphatic rings. The second-order valence-corrected chi connectivity index (χ2v) is 4.01. The van der Waals surface area contributed by atoms with E-state index >= 15 is 0 Å². The van der Waals surface area contributed by atoms with Gasteiger partial charge >= 0.3 is 0 Å². The van der Waals surface area contributed by atoms with Crippen LogP contribution in [0.3, 0.4) is 0 Å². The Hall–Kier alpha value is -0.110. The van der Waals surface area contributed by atoms with Gasteiger partial charge in [-0.15, -0.1) is 0 Å². The maximum atomic E-state index is 12.3. The zero-order valence-electron chi connectivity index (χ0n) is 7.68. The van der Waals surface area contributed by atoms with Crippen LogP contribution in [0.5, 0.6) is 0 Å². The molecule has 0 amide bonds. The molecule has 1 fully saturated rings. The third-order valence-electron chi connectivity index (χ3n) is 2.67. The van der Waals surface area contributed by atoms with Crippen molar-refractivity contribution in [2.45, 2.75) is 26.3 Å². The third kappa shape index (κ3) is 1.92. The van der Waals surface area contributed by atoms with Crippen molar-refractivity contribution < 1.29 is 4.39 Å². The number of likely N-dealkylation sites (tertiary alicyclic amines) is 1. The lowest BCUT2D eigenvalue weighted by Crippen LogP contribution is -2.29. The highest BCUT2D eigenvalue weighted by atomic mass is 19.1. The van der Waals surface area contributed by atoms with Crippen molar-refractivity contribution in [3.63, 3.8) is 0 Å². The van der Waals surface area contributed by atoms with Crippen molar-refractivity contribution in [1.82, 2.24) is 4.90 Å². The van der Waals surface area contributed by atoms with E-state index in [-0.39, 0.29) is 6.67 Å². The van der Waals surface area contributed by atoms with Gasteiger partial charge in [0.25, 0.3) is 0 Å². The molecule has 1 saturated heterocycles. The Kier molecular flexibility index (Phi) is 2.88. The average molecular weight is 159 g/mol. The highest BCUT2D eigenvalue weighted by Crippen LogP contribution is 2.26. The first-order valence-electron chi connectivity index (χ1n) is 4.41. The van der Waals surface area contributed by atoms with Crippen LogP contribution in [-0.2, 0) is 0 Å². The summed E-state index contributed by atoms with van der Waals surface area (Å²) in [5.74, 6) is 0.962. The van der Waals surface area contributed by atoms with Crippen molar-refractivity contribution in [2.75, 3.05) is 20.3 Å². The first kappa shape index (κ1) is 8.98. The fraction of sp³-hybridized carbons (Fsp3) is 1.00. The van der Waals surface area contributed by atoms with Gasteiger partial charge in [0, 0.05) is 18.5 Å². The molecule has 1 nitrogen and oxygen atoms in total. The quantitative estimate of drug-likeness (QED) is 0.595. The minimum absolute atomic E-state index is 0.145. The van der Waals surface area contributed by atoms with Crippen LogP contribution in [0.1, 0.15) is 20.3 Å². The number of halogens is 1. The van der Waals surface area contributed by atoms with E-state index in [1.54, 1.807) is 0 Å². The fourth-order valence-corrected chi connectivity index (χ4v) is 2.03. The molecule has 2 heteroatoms. The van der Waals surface area contributed by atoms with Crippen LogP contribution in [-0.4, -0.2) is 31.2 Å². The predicted molar refractivity (Wildman–Crippen MR) is 45.3 cm³/mol. The summed E-state index contributed by atoms with van der Waals surface area (Å²) in [6, 6.07) is 0.607. The van der Waals surface area contributed by atoms with Crippen LogP contribution in [0.25, 0.3) is 0 Å². The van der Waals surface area contributed by atoms with Crippen LogP contribution >= 0.6 is 0 Å². The average Bonchev–Trinajstić information content (AvgIpc) is 2.30. The number of hydrogen-bond donors (Lipinski definition) is 0. The Labute approximate surface area is 68.6 Å². The van der Waals surface area contributed by atoms with Gasteiger partial charge in [-0.25, -0.2) is 0 Å². The van der Waals surface area contributed by atoms with Crippen LogP contribution in [0.15, 0.2) is 0 Å². The molecule has 0 saturated carbocycles.